The van der Waals surface area contributed by atoms with Crippen molar-refractivity contribution < 1.29 is 4.79 Å². The molecule has 5 nitrogen and oxygen atoms in total. The summed E-state index contributed by atoms with van der Waals surface area (Å²) in [5, 5.41) is 2.88. The number of halogens is 1. The monoisotopic (exact) mass is 334 g/mol. The lowest BCUT2D eigenvalue weighted by molar-refractivity contribution is 0.102. The molecule has 20 heavy (non-hydrogen) atoms. The highest BCUT2D eigenvalue weighted by Gasteiger charge is 2.14. The van der Waals surface area contributed by atoms with Crippen molar-refractivity contribution in [1.82, 2.24) is 4.98 Å². The van der Waals surface area contributed by atoms with Crippen LogP contribution in [0.25, 0.3) is 0 Å². The molecule has 1 aromatic heterocycles. The highest BCUT2D eigenvalue weighted by molar-refractivity contribution is 9.10. The Morgan fingerprint density at radius 2 is 2.10 bits per heavy atom. The first-order valence-electron chi connectivity index (χ1n) is 6.01. The number of hydrogen-bond donors (Lipinski definition) is 3. The fraction of sp³-hybridized carbons (Fsp3) is 0.143. The largest absolute Gasteiger partial charge is 0.323 e. The summed E-state index contributed by atoms with van der Waals surface area (Å²) in [5.74, 6) is 5.13. The van der Waals surface area contributed by atoms with Crippen molar-refractivity contribution in [3.8, 4) is 0 Å². The maximum absolute atomic E-state index is 12.3. The van der Waals surface area contributed by atoms with Gasteiger partial charge in [-0.15, -0.1) is 0 Å². The second kappa shape index (κ2) is 6.02. The summed E-state index contributed by atoms with van der Waals surface area (Å²) < 4.78 is 0.842. The third-order valence-corrected chi connectivity index (χ3v) is 3.52. The Balaban J connectivity index is 2.33. The van der Waals surface area contributed by atoms with Gasteiger partial charge < -0.3 is 10.7 Å². The molecule has 0 atom stereocenters. The zero-order valence-corrected chi connectivity index (χ0v) is 12.8. The van der Waals surface area contributed by atoms with E-state index in [9.17, 15) is 4.79 Å². The molecule has 0 aliphatic heterocycles. The van der Waals surface area contributed by atoms with E-state index in [2.05, 4.69) is 31.7 Å². The van der Waals surface area contributed by atoms with Gasteiger partial charge in [0.1, 0.15) is 0 Å². The minimum absolute atomic E-state index is 0.265. The summed E-state index contributed by atoms with van der Waals surface area (Å²) in [5.41, 5.74) is 6.25. The highest BCUT2D eigenvalue weighted by atomic mass is 79.9. The molecular formula is C14H15BrN4O. The van der Waals surface area contributed by atoms with Crippen molar-refractivity contribution in [2.24, 2.45) is 5.84 Å². The Morgan fingerprint density at radius 3 is 2.75 bits per heavy atom. The third-order valence-electron chi connectivity index (χ3n) is 2.89. The minimum Gasteiger partial charge on any atom is -0.323 e. The normalized spacial score (nSPS) is 10.2. The van der Waals surface area contributed by atoms with Crippen molar-refractivity contribution >= 4 is 33.2 Å². The van der Waals surface area contributed by atoms with E-state index >= 15 is 0 Å². The van der Waals surface area contributed by atoms with E-state index in [1.165, 1.54) is 6.20 Å². The van der Waals surface area contributed by atoms with Crippen LogP contribution in [0.3, 0.4) is 0 Å². The number of aromatic nitrogens is 1. The van der Waals surface area contributed by atoms with Crippen LogP contribution in [0, 0.1) is 13.8 Å². The van der Waals surface area contributed by atoms with E-state index < -0.39 is 0 Å². The quantitative estimate of drug-likeness (QED) is 0.595. The molecule has 0 spiro atoms. The van der Waals surface area contributed by atoms with Crippen LogP contribution in [0.15, 0.2) is 35.1 Å². The van der Waals surface area contributed by atoms with E-state index in [0.717, 1.165) is 21.3 Å². The highest BCUT2D eigenvalue weighted by Crippen LogP contribution is 2.28. The number of aryl methyl sites for hydroxylation is 2. The van der Waals surface area contributed by atoms with Gasteiger partial charge >= 0.3 is 0 Å². The molecule has 0 radical (unpaired) electrons. The molecule has 0 aliphatic carbocycles. The summed E-state index contributed by atoms with van der Waals surface area (Å²) in [7, 11) is 0. The van der Waals surface area contributed by atoms with E-state index in [1.807, 2.05) is 26.0 Å². The molecule has 0 bridgehead atoms. The SMILES string of the molecule is Cc1cc(C)c(NC(=O)c2cnccc2NN)c(Br)c1. The Bertz CT molecular complexity index is 634. The molecule has 1 aromatic carbocycles. The molecule has 0 aliphatic rings. The zero-order valence-electron chi connectivity index (χ0n) is 11.2. The van der Waals surface area contributed by atoms with Crippen LogP contribution >= 0.6 is 15.9 Å². The summed E-state index contributed by atoms with van der Waals surface area (Å²) in [6.45, 7) is 3.94. The van der Waals surface area contributed by atoms with E-state index in [0.29, 0.717) is 11.3 Å². The number of carbonyl (C=O) groups is 1. The second-order valence-corrected chi connectivity index (χ2v) is 5.31. The predicted molar refractivity (Wildman–Crippen MR) is 83.6 cm³/mol. The predicted octanol–water partition coefficient (Wildman–Crippen LogP) is 3.00. The van der Waals surface area contributed by atoms with Crippen molar-refractivity contribution in [3.05, 3.63) is 51.8 Å². The second-order valence-electron chi connectivity index (χ2n) is 4.46. The molecule has 104 valence electrons. The number of carbonyl (C=O) groups excluding carboxylic acids is 1. The third kappa shape index (κ3) is 2.97. The first-order valence-corrected chi connectivity index (χ1v) is 6.81. The lowest BCUT2D eigenvalue weighted by Crippen LogP contribution is -2.18. The van der Waals surface area contributed by atoms with Crippen LogP contribution in [-0.2, 0) is 0 Å². The molecule has 4 N–H and O–H groups in total. The average Bonchev–Trinajstić information content (AvgIpc) is 2.42. The van der Waals surface area contributed by atoms with Gasteiger partial charge in [0.15, 0.2) is 0 Å². The van der Waals surface area contributed by atoms with Gasteiger partial charge in [-0.3, -0.25) is 15.6 Å². The van der Waals surface area contributed by atoms with Crippen molar-refractivity contribution in [1.29, 1.82) is 0 Å². The molecule has 1 amide bonds. The summed E-state index contributed by atoms with van der Waals surface area (Å²) in [6, 6.07) is 5.60. The maximum atomic E-state index is 12.3. The van der Waals surface area contributed by atoms with Crippen molar-refractivity contribution in [2.75, 3.05) is 10.7 Å². The summed E-state index contributed by atoms with van der Waals surface area (Å²) >= 11 is 3.46. The number of benzene rings is 1. The van der Waals surface area contributed by atoms with Crippen LogP contribution in [0.2, 0.25) is 0 Å². The number of rotatable bonds is 3. The number of anilines is 2. The van der Waals surface area contributed by atoms with Gasteiger partial charge in [-0.2, -0.15) is 0 Å². The van der Waals surface area contributed by atoms with Gasteiger partial charge in [-0.25, -0.2) is 0 Å². The molecule has 0 saturated heterocycles. The molecular weight excluding hydrogens is 320 g/mol. The Labute approximate surface area is 125 Å². The standard InChI is InChI=1S/C14H15BrN4O/c1-8-5-9(2)13(11(15)6-8)18-14(20)10-7-17-4-3-12(10)19-16/h3-7H,16H2,1-2H3,(H,17,19)(H,18,20). The number of hydrogen-bond acceptors (Lipinski definition) is 4. The van der Waals surface area contributed by atoms with Gasteiger partial charge in [-0.1, -0.05) is 6.07 Å². The van der Waals surface area contributed by atoms with Crippen LogP contribution < -0.4 is 16.6 Å². The van der Waals surface area contributed by atoms with Gasteiger partial charge in [-0.05, 0) is 53.0 Å². The maximum Gasteiger partial charge on any atom is 0.259 e. The number of hydrazine groups is 1. The first kappa shape index (κ1) is 14.5. The smallest absolute Gasteiger partial charge is 0.259 e. The van der Waals surface area contributed by atoms with Gasteiger partial charge in [0, 0.05) is 16.9 Å². The number of pyridine rings is 1. The van der Waals surface area contributed by atoms with E-state index in [1.54, 1.807) is 12.3 Å². The molecule has 2 rings (SSSR count). The molecule has 0 unspecified atom stereocenters. The van der Waals surface area contributed by atoms with Gasteiger partial charge in [0.25, 0.3) is 5.91 Å². The topological polar surface area (TPSA) is 80.0 Å². The molecule has 1 heterocycles. The molecule has 0 saturated carbocycles. The lowest BCUT2D eigenvalue weighted by atomic mass is 10.1. The van der Waals surface area contributed by atoms with Crippen LogP contribution in [0.5, 0.6) is 0 Å². The van der Waals surface area contributed by atoms with Crippen LogP contribution in [0.4, 0.5) is 11.4 Å². The minimum atomic E-state index is -0.265. The summed E-state index contributed by atoms with van der Waals surface area (Å²) in [6.07, 6.45) is 3.04. The van der Waals surface area contributed by atoms with Crippen LogP contribution in [0.1, 0.15) is 21.5 Å². The molecule has 6 heteroatoms. The Morgan fingerprint density at radius 1 is 1.35 bits per heavy atom. The average molecular weight is 335 g/mol. The molecule has 0 fully saturated rings. The number of nitrogen functional groups attached to an aromatic ring is 1. The van der Waals surface area contributed by atoms with Gasteiger partial charge in [0.05, 0.1) is 16.9 Å². The number of nitrogens with zero attached hydrogens (tertiary/aromatic N) is 1. The van der Waals surface area contributed by atoms with Gasteiger partial charge in [0.2, 0.25) is 0 Å². The fourth-order valence-electron chi connectivity index (χ4n) is 1.96. The van der Waals surface area contributed by atoms with Crippen LogP contribution in [-0.4, -0.2) is 10.9 Å². The van der Waals surface area contributed by atoms with E-state index in [4.69, 9.17) is 5.84 Å². The fourth-order valence-corrected chi connectivity index (χ4v) is 2.73. The molecule has 2 aromatic rings. The summed E-state index contributed by atoms with van der Waals surface area (Å²) in [4.78, 5) is 16.3. The number of amides is 1. The first-order chi connectivity index (χ1) is 9.52. The number of nitrogens with one attached hydrogen (secondary N) is 2. The number of nitrogens with two attached hydrogens (primary N) is 1. The Hall–Kier alpha value is -1.92. The van der Waals surface area contributed by atoms with Crippen molar-refractivity contribution in [2.45, 2.75) is 13.8 Å². The van der Waals surface area contributed by atoms with Crippen molar-refractivity contribution in [3.63, 3.8) is 0 Å². The van der Waals surface area contributed by atoms with E-state index in [-0.39, 0.29) is 5.91 Å². The Kier molecular flexibility index (Phi) is 4.36. The lowest BCUT2D eigenvalue weighted by Gasteiger charge is -2.13. The zero-order chi connectivity index (χ0) is 14.7.